The van der Waals surface area contributed by atoms with Crippen molar-refractivity contribution in [2.24, 2.45) is 0 Å². The van der Waals surface area contributed by atoms with Crippen LogP contribution in [-0.4, -0.2) is 38.2 Å². The van der Waals surface area contributed by atoms with Gasteiger partial charge in [0.25, 0.3) is 0 Å². The van der Waals surface area contributed by atoms with Gasteiger partial charge in [-0.1, -0.05) is 12.1 Å². The molecule has 1 heterocycles. The molecule has 0 aliphatic carbocycles. The van der Waals surface area contributed by atoms with Gasteiger partial charge in [-0.15, -0.1) is 0 Å². The van der Waals surface area contributed by atoms with E-state index in [-0.39, 0.29) is 33.5 Å². The summed E-state index contributed by atoms with van der Waals surface area (Å²) in [6, 6.07) is 8.95. The van der Waals surface area contributed by atoms with E-state index in [1.165, 1.54) is 32.4 Å². The van der Waals surface area contributed by atoms with Gasteiger partial charge in [0.05, 0.1) is 30.4 Å². The van der Waals surface area contributed by atoms with Crippen molar-refractivity contribution in [2.75, 3.05) is 14.2 Å². The highest BCUT2D eigenvalue weighted by Crippen LogP contribution is 2.33. The Balaban J connectivity index is 1.94. The minimum Gasteiger partial charge on any atom is -0.547 e. The fourth-order valence-corrected chi connectivity index (χ4v) is 3.02. The monoisotopic (exact) mass is 455 g/mol. The third-order valence-corrected chi connectivity index (χ3v) is 4.61. The summed E-state index contributed by atoms with van der Waals surface area (Å²) >= 11 is 0. The number of aliphatic carboxylic acids is 1. The average molecular weight is 455 g/mol. The molecule has 0 bridgehead atoms. The Bertz CT molecular complexity index is 1260. The Labute approximate surface area is 187 Å². The first-order chi connectivity index (χ1) is 15.7. The van der Waals surface area contributed by atoms with Gasteiger partial charge in [-0.3, -0.25) is 14.4 Å². The van der Waals surface area contributed by atoms with E-state index in [1.807, 2.05) is 0 Å². The first-order valence-electron chi connectivity index (χ1n) is 9.60. The van der Waals surface area contributed by atoms with Crippen LogP contribution in [0.25, 0.3) is 22.1 Å². The fraction of sp³-hybridized carbons (Fsp3) is 0.217. The molecule has 0 saturated heterocycles. The molecule has 3 aromatic rings. The van der Waals surface area contributed by atoms with Gasteiger partial charge in [-0.05, 0) is 23.8 Å². The lowest BCUT2D eigenvalue weighted by molar-refractivity contribution is -0.316. The van der Waals surface area contributed by atoms with Gasteiger partial charge in [0.15, 0.2) is 11.5 Å². The largest absolute Gasteiger partial charge is 0.547 e. The highest BCUT2D eigenvalue weighted by molar-refractivity contribution is 5.87. The molecule has 0 aliphatic rings. The van der Waals surface area contributed by atoms with E-state index in [4.69, 9.17) is 18.6 Å². The first-order valence-corrected chi connectivity index (χ1v) is 9.60. The lowest BCUT2D eigenvalue weighted by Crippen LogP contribution is -2.39. The van der Waals surface area contributed by atoms with Crippen LogP contribution in [0.3, 0.4) is 0 Å². The van der Waals surface area contributed by atoms with E-state index in [0.717, 1.165) is 7.11 Å². The average Bonchev–Trinajstić information content (AvgIpc) is 2.77. The number of hydrogen-bond acceptors (Lipinski definition) is 10. The van der Waals surface area contributed by atoms with Crippen LogP contribution in [0.5, 0.6) is 17.2 Å². The number of hydrogen-bond donors (Lipinski definition) is 0. The summed E-state index contributed by atoms with van der Waals surface area (Å²) in [5.74, 6) is -2.60. The van der Waals surface area contributed by atoms with Crippen molar-refractivity contribution < 1.29 is 42.9 Å². The summed E-state index contributed by atoms with van der Waals surface area (Å²) in [5, 5.41) is 11.1. The predicted octanol–water partition coefficient (Wildman–Crippen LogP) is 1.45. The molecule has 0 amide bonds. The molecule has 10 heteroatoms. The van der Waals surface area contributed by atoms with Gasteiger partial charge in [-0.2, -0.15) is 0 Å². The Morgan fingerprint density at radius 2 is 1.73 bits per heavy atom. The number of carboxylic acid groups (broad SMARTS) is 1. The third kappa shape index (κ3) is 5.36. The highest BCUT2D eigenvalue weighted by Gasteiger charge is 2.20. The molecule has 2 aromatic carbocycles. The molecule has 0 radical (unpaired) electrons. The zero-order valence-corrected chi connectivity index (χ0v) is 17.9. The maximum Gasteiger partial charge on any atom is 0.314 e. The van der Waals surface area contributed by atoms with Crippen LogP contribution >= 0.6 is 0 Å². The molecule has 1 aromatic heterocycles. The van der Waals surface area contributed by atoms with Crippen LogP contribution < -0.4 is 24.7 Å². The summed E-state index contributed by atoms with van der Waals surface area (Å²) in [4.78, 5) is 47.2. The number of fused-ring (bicyclic) bond motifs is 1. The summed E-state index contributed by atoms with van der Waals surface area (Å²) in [7, 11) is 2.44. The lowest BCUT2D eigenvalue weighted by atomic mass is 10.1. The van der Waals surface area contributed by atoms with E-state index in [9.17, 15) is 24.3 Å². The summed E-state index contributed by atoms with van der Waals surface area (Å²) in [5.41, 5.74) is 0.528. The van der Waals surface area contributed by atoms with Crippen LogP contribution in [-0.2, 0) is 19.1 Å². The molecular formula is C23H19O10-. The maximum atomic E-state index is 13.1. The molecule has 0 aliphatic heterocycles. The minimum atomic E-state index is -1.56. The second-order valence-electron chi connectivity index (χ2n) is 6.82. The second-order valence-corrected chi connectivity index (χ2v) is 6.82. The van der Waals surface area contributed by atoms with Crippen molar-refractivity contribution in [3.63, 3.8) is 0 Å². The number of esters is 2. The Morgan fingerprint density at radius 3 is 2.30 bits per heavy atom. The van der Waals surface area contributed by atoms with Crippen molar-refractivity contribution in [1.29, 1.82) is 0 Å². The van der Waals surface area contributed by atoms with E-state index in [2.05, 4.69) is 4.74 Å². The van der Waals surface area contributed by atoms with E-state index < -0.39 is 30.4 Å². The topological polar surface area (TPSA) is 141 Å². The molecule has 0 saturated carbocycles. The minimum absolute atomic E-state index is 0.0629. The van der Waals surface area contributed by atoms with Crippen LogP contribution in [0, 0.1) is 0 Å². The number of carbonyl (C=O) groups excluding carboxylic acids is 3. The molecule has 0 N–H and O–H groups in total. The van der Waals surface area contributed by atoms with Crippen LogP contribution in [0.1, 0.15) is 13.3 Å². The Morgan fingerprint density at radius 1 is 1.03 bits per heavy atom. The van der Waals surface area contributed by atoms with Gasteiger partial charge in [0.2, 0.25) is 5.43 Å². The number of benzene rings is 2. The molecule has 3 rings (SSSR count). The normalized spacial score (nSPS) is 11.6. The van der Waals surface area contributed by atoms with Gasteiger partial charge in [-0.25, -0.2) is 0 Å². The number of carbonyl (C=O) groups is 3. The quantitative estimate of drug-likeness (QED) is 0.362. The molecular weight excluding hydrogens is 436 g/mol. The van der Waals surface area contributed by atoms with Crippen LogP contribution in [0.4, 0.5) is 0 Å². The number of ether oxygens (including phenoxy) is 4. The molecule has 0 spiro atoms. The van der Waals surface area contributed by atoms with Gasteiger partial charge in [0.1, 0.15) is 23.7 Å². The smallest absolute Gasteiger partial charge is 0.314 e. The zero-order valence-electron chi connectivity index (χ0n) is 17.9. The zero-order chi connectivity index (χ0) is 24.1. The summed E-state index contributed by atoms with van der Waals surface area (Å²) in [6.45, 7) is 1.28. The van der Waals surface area contributed by atoms with Crippen LogP contribution in [0.15, 0.2) is 51.9 Å². The second kappa shape index (κ2) is 9.96. The molecule has 172 valence electrons. The number of carboxylic acids is 1. The van der Waals surface area contributed by atoms with Gasteiger partial charge >= 0.3 is 11.9 Å². The fourth-order valence-electron chi connectivity index (χ4n) is 3.02. The maximum absolute atomic E-state index is 13.1. The number of rotatable bonds is 8. The molecule has 0 fully saturated rings. The van der Waals surface area contributed by atoms with E-state index in [1.54, 1.807) is 24.3 Å². The highest BCUT2D eigenvalue weighted by atomic mass is 16.6. The summed E-state index contributed by atoms with van der Waals surface area (Å²) < 4.78 is 25.6. The summed E-state index contributed by atoms with van der Waals surface area (Å²) in [6.07, 6.45) is -0.816. The SMILES string of the molecule is COc1cc2c(=O)c(-c3ccc(OC(C)=O)cc3)coc2cc1OC(=O)CC(OC)C(=O)[O-]. The van der Waals surface area contributed by atoms with Crippen LogP contribution in [0.2, 0.25) is 0 Å². The Hall–Kier alpha value is -4.18. The molecule has 10 nitrogen and oxygen atoms in total. The first kappa shape index (κ1) is 23.5. The van der Waals surface area contributed by atoms with Crippen molar-refractivity contribution in [1.82, 2.24) is 0 Å². The van der Waals surface area contributed by atoms with Crippen molar-refractivity contribution in [3.8, 4) is 28.4 Å². The standard InChI is InChI=1S/C23H20O10/c1-12(24)32-14-6-4-13(5-7-14)16-11-31-17-9-19(18(29-2)8-15(17)22(16)26)33-21(25)10-20(30-3)23(27)28/h4-9,11,20H,10H2,1-3H3,(H,27,28)/p-1. The van der Waals surface area contributed by atoms with Crippen molar-refractivity contribution in [3.05, 3.63) is 52.9 Å². The van der Waals surface area contributed by atoms with Crippen molar-refractivity contribution in [2.45, 2.75) is 19.4 Å². The lowest BCUT2D eigenvalue weighted by Gasteiger charge is -2.16. The molecule has 33 heavy (non-hydrogen) atoms. The Kier molecular flexibility index (Phi) is 7.09. The predicted molar refractivity (Wildman–Crippen MR) is 112 cm³/mol. The van der Waals surface area contributed by atoms with Crippen molar-refractivity contribution >= 4 is 28.9 Å². The van der Waals surface area contributed by atoms with E-state index in [0.29, 0.717) is 11.3 Å². The number of methoxy groups -OCH3 is 2. The molecule has 1 unspecified atom stereocenters. The molecule has 1 atom stereocenters. The third-order valence-electron chi connectivity index (χ3n) is 4.61. The van der Waals surface area contributed by atoms with E-state index >= 15 is 0 Å². The van der Waals surface area contributed by atoms with Gasteiger partial charge < -0.3 is 33.3 Å². The van der Waals surface area contributed by atoms with Gasteiger partial charge in [0, 0.05) is 20.1 Å².